The molecule has 1 aromatic heterocycles. The number of likely N-dealkylation sites (tertiary alicyclic amines) is 1. The van der Waals surface area contributed by atoms with E-state index in [2.05, 4.69) is 29.2 Å². The summed E-state index contributed by atoms with van der Waals surface area (Å²) in [6.45, 7) is 1.07. The molecule has 1 atom stereocenters. The lowest BCUT2D eigenvalue weighted by molar-refractivity contribution is -0.132. The molecule has 1 aliphatic carbocycles. The predicted molar refractivity (Wildman–Crippen MR) is 117 cm³/mol. The summed E-state index contributed by atoms with van der Waals surface area (Å²) >= 11 is 0. The van der Waals surface area contributed by atoms with Gasteiger partial charge in [-0.1, -0.05) is 49.9 Å². The van der Waals surface area contributed by atoms with E-state index in [1.54, 1.807) is 12.4 Å². The molecule has 1 aliphatic heterocycles. The van der Waals surface area contributed by atoms with Crippen LogP contribution in [-0.2, 0) is 16.0 Å². The number of hydrogen-bond acceptors (Lipinski definition) is 3. The SMILES string of the molecule is NC(=O)[C@]1(Cc2ccc(-c3ccncc3)cc2)CCN(C(=O)CCC2CCCC2)C1. The number of carbonyl (C=O) groups is 2. The number of amides is 2. The van der Waals surface area contributed by atoms with Gasteiger partial charge in [0.25, 0.3) is 0 Å². The third kappa shape index (κ3) is 4.55. The Balaban J connectivity index is 1.39. The molecule has 2 aromatic rings. The molecule has 1 aromatic carbocycles. The van der Waals surface area contributed by atoms with E-state index in [0.29, 0.717) is 38.3 Å². The summed E-state index contributed by atoms with van der Waals surface area (Å²) in [7, 11) is 0. The van der Waals surface area contributed by atoms with Crippen molar-refractivity contribution in [1.29, 1.82) is 0 Å². The van der Waals surface area contributed by atoms with Gasteiger partial charge in [0.15, 0.2) is 0 Å². The Bertz CT molecular complexity index is 875. The number of primary amides is 1. The van der Waals surface area contributed by atoms with Crippen LogP contribution in [-0.4, -0.2) is 34.8 Å². The van der Waals surface area contributed by atoms with Gasteiger partial charge in [-0.2, -0.15) is 0 Å². The number of hydrogen-bond donors (Lipinski definition) is 1. The molecule has 5 heteroatoms. The van der Waals surface area contributed by atoms with Gasteiger partial charge in [0.1, 0.15) is 0 Å². The molecule has 2 N–H and O–H groups in total. The van der Waals surface area contributed by atoms with E-state index in [9.17, 15) is 9.59 Å². The number of benzene rings is 1. The van der Waals surface area contributed by atoms with Crippen LogP contribution in [0.25, 0.3) is 11.1 Å². The van der Waals surface area contributed by atoms with Gasteiger partial charge >= 0.3 is 0 Å². The van der Waals surface area contributed by atoms with Crippen molar-refractivity contribution in [3.63, 3.8) is 0 Å². The highest BCUT2D eigenvalue weighted by molar-refractivity contribution is 5.84. The van der Waals surface area contributed by atoms with E-state index < -0.39 is 5.41 Å². The van der Waals surface area contributed by atoms with Crippen LogP contribution in [0.4, 0.5) is 0 Å². The second-order valence-corrected chi connectivity index (χ2v) is 9.01. The number of pyridine rings is 1. The van der Waals surface area contributed by atoms with Crippen LogP contribution in [0.1, 0.15) is 50.5 Å². The maximum absolute atomic E-state index is 12.7. The fourth-order valence-electron chi connectivity index (χ4n) is 5.05. The van der Waals surface area contributed by atoms with E-state index in [4.69, 9.17) is 5.73 Å². The summed E-state index contributed by atoms with van der Waals surface area (Å²) in [5.74, 6) is 0.584. The minimum Gasteiger partial charge on any atom is -0.369 e. The Labute approximate surface area is 178 Å². The third-order valence-corrected chi connectivity index (χ3v) is 6.98. The van der Waals surface area contributed by atoms with E-state index in [-0.39, 0.29) is 11.8 Å². The minimum atomic E-state index is -0.665. The molecule has 2 amide bonds. The molecule has 1 saturated carbocycles. The average molecular weight is 406 g/mol. The quantitative estimate of drug-likeness (QED) is 0.757. The Kier molecular flexibility index (Phi) is 6.16. The van der Waals surface area contributed by atoms with Crippen molar-refractivity contribution in [2.24, 2.45) is 17.1 Å². The zero-order valence-corrected chi connectivity index (χ0v) is 17.6. The van der Waals surface area contributed by atoms with Crippen molar-refractivity contribution in [3.8, 4) is 11.1 Å². The van der Waals surface area contributed by atoms with Crippen LogP contribution in [0.2, 0.25) is 0 Å². The second-order valence-electron chi connectivity index (χ2n) is 9.01. The smallest absolute Gasteiger partial charge is 0.225 e. The van der Waals surface area contributed by atoms with Crippen molar-refractivity contribution in [1.82, 2.24) is 9.88 Å². The summed E-state index contributed by atoms with van der Waals surface area (Å²) in [4.78, 5) is 31.1. The molecule has 158 valence electrons. The van der Waals surface area contributed by atoms with Crippen molar-refractivity contribution < 1.29 is 9.59 Å². The average Bonchev–Trinajstić information content (AvgIpc) is 3.44. The summed E-state index contributed by atoms with van der Waals surface area (Å²) in [5.41, 5.74) is 8.49. The topological polar surface area (TPSA) is 76.3 Å². The van der Waals surface area contributed by atoms with Gasteiger partial charge in [-0.25, -0.2) is 0 Å². The summed E-state index contributed by atoms with van der Waals surface area (Å²) in [6, 6.07) is 12.2. The maximum atomic E-state index is 12.7. The zero-order chi connectivity index (χ0) is 21.0. The lowest BCUT2D eigenvalue weighted by atomic mass is 9.80. The Morgan fingerprint density at radius 1 is 1.03 bits per heavy atom. The lowest BCUT2D eigenvalue weighted by Gasteiger charge is -2.26. The summed E-state index contributed by atoms with van der Waals surface area (Å²) in [6.07, 6.45) is 11.5. The minimum absolute atomic E-state index is 0.179. The van der Waals surface area contributed by atoms with Gasteiger partial charge in [0.2, 0.25) is 11.8 Å². The second kappa shape index (κ2) is 8.99. The lowest BCUT2D eigenvalue weighted by Crippen LogP contribution is -2.42. The number of aromatic nitrogens is 1. The molecule has 1 saturated heterocycles. The van der Waals surface area contributed by atoms with Gasteiger partial charge in [-0.3, -0.25) is 14.6 Å². The van der Waals surface area contributed by atoms with Crippen LogP contribution < -0.4 is 5.73 Å². The van der Waals surface area contributed by atoms with E-state index in [1.165, 1.54) is 25.7 Å². The maximum Gasteiger partial charge on any atom is 0.225 e. The van der Waals surface area contributed by atoms with Gasteiger partial charge in [0, 0.05) is 31.9 Å². The standard InChI is InChI=1S/C25H31N3O2/c26-24(30)25(13-16-28(18-25)23(29)10-7-19-3-1-2-4-19)17-20-5-8-21(9-6-20)22-11-14-27-15-12-22/h5-6,8-9,11-12,14-15,19H,1-4,7,10,13,16-18H2,(H2,26,30)/t25-/m0/s1. The number of carbonyl (C=O) groups excluding carboxylic acids is 2. The van der Waals surface area contributed by atoms with Gasteiger partial charge in [0.05, 0.1) is 5.41 Å². The molecular formula is C25H31N3O2. The molecule has 0 bridgehead atoms. The van der Waals surface area contributed by atoms with Gasteiger partial charge in [-0.15, -0.1) is 0 Å². The highest BCUT2D eigenvalue weighted by atomic mass is 16.2. The number of nitrogens with zero attached hydrogens (tertiary/aromatic N) is 2. The molecular weight excluding hydrogens is 374 g/mol. The predicted octanol–water partition coefficient (Wildman–Crippen LogP) is 3.97. The molecule has 0 radical (unpaired) electrons. The largest absolute Gasteiger partial charge is 0.369 e. The Hall–Kier alpha value is -2.69. The first-order chi connectivity index (χ1) is 14.6. The Morgan fingerprint density at radius 2 is 1.70 bits per heavy atom. The highest BCUT2D eigenvalue weighted by Crippen LogP contribution is 2.36. The van der Waals surface area contributed by atoms with Crippen molar-refractivity contribution in [3.05, 3.63) is 54.4 Å². The van der Waals surface area contributed by atoms with Crippen LogP contribution in [0.15, 0.2) is 48.8 Å². The van der Waals surface area contributed by atoms with Crippen LogP contribution in [0, 0.1) is 11.3 Å². The highest BCUT2D eigenvalue weighted by Gasteiger charge is 2.44. The molecule has 0 spiro atoms. The van der Waals surface area contributed by atoms with Crippen molar-refractivity contribution >= 4 is 11.8 Å². The first kappa shape index (κ1) is 20.6. The fraction of sp³-hybridized carbons (Fsp3) is 0.480. The van der Waals surface area contributed by atoms with E-state index >= 15 is 0 Å². The number of nitrogens with two attached hydrogens (primary N) is 1. The molecule has 5 nitrogen and oxygen atoms in total. The fourth-order valence-corrected chi connectivity index (χ4v) is 5.05. The van der Waals surface area contributed by atoms with E-state index in [1.807, 2.05) is 17.0 Å². The molecule has 2 fully saturated rings. The first-order valence-corrected chi connectivity index (χ1v) is 11.1. The monoisotopic (exact) mass is 405 g/mol. The summed E-state index contributed by atoms with van der Waals surface area (Å²) < 4.78 is 0. The molecule has 4 rings (SSSR count). The third-order valence-electron chi connectivity index (χ3n) is 6.98. The van der Waals surface area contributed by atoms with Crippen LogP contribution in [0.3, 0.4) is 0 Å². The Morgan fingerprint density at radius 3 is 2.37 bits per heavy atom. The van der Waals surface area contributed by atoms with Crippen molar-refractivity contribution in [2.75, 3.05) is 13.1 Å². The molecule has 2 aliphatic rings. The van der Waals surface area contributed by atoms with Crippen LogP contribution >= 0.6 is 0 Å². The normalized spacial score (nSPS) is 21.8. The number of rotatable bonds is 7. The van der Waals surface area contributed by atoms with Gasteiger partial charge in [-0.05, 0) is 54.0 Å². The van der Waals surface area contributed by atoms with Gasteiger partial charge < -0.3 is 10.6 Å². The molecule has 30 heavy (non-hydrogen) atoms. The zero-order valence-electron chi connectivity index (χ0n) is 17.6. The van der Waals surface area contributed by atoms with Crippen LogP contribution in [0.5, 0.6) is 0 Å². The molecule has 2 heterocycles. The molecule has 0 unspecified atom stereocenters. The summed E-state index contributed by atoms with van der Waals surface area (Å²) in [5, 5.41) is 0. The first-order valence-electron chi connectivity index (χ1n) is 11.1. The van der Waals surface area contributed by atoms with Crippen molar-refractivity contribution in [2.45, 2.75) is 51.4 Å². The van der Waals surface area contributed by atoms with E-state index in [0.717, 1.165) is 23.1 Å².